The molecular formula is C18H29N3O2. The number of anilines is 1. The Hall–Kier alpha value is -1.78. The van der Waals surface area contributed by atoms with Gasteiger partial charge in [-0.05, 0) is 43.9 Å². The second-order valence-corrected chi connectivity index (χ2v) is 8.11. The first-order valence-electron chi connectivity index (χ1n) is 8.26. The Morgan fingerprint density at radius 3 is 2.22 bits per heavy atom. The van der Waals surface area contributed by atoms with Gasteiger partial charge >= 0.3 is 6.09 Å². The molecule has 1 fully saturated rings. The lowest BCUT2D eigenvalue weighted by molar-refractivity contribution is 0.0240. The second kappa shape index (κ2) is 6.38. The van der Waals surface area contributed by atoms with Gasteiger partial charge in [-0.15, -0.1) is 0 Å². The van der Waals surface area contributed by atoms with Crippen molar-refractivity contribution >= 4 is 11.9 Å². The molecule has 0 aliphatic carbocycles. The molecule has 0 atom stereocenters. The largest absolute Gasteiger partial charge is 0.444 e. The Morgan fingerprint density at radius 1 is 1.09 bits per heavy atom. The normalized spacial score (nSPS) is 16.4. The molecule has 5 nitrogen and oxygen atoms in total. The van der Waals surface area contributed by atoms with Crippen molar-refractivity contribution in [2.45, 2.75) is 52.6 Å². The van der Waals surface area contributed by atoms with Gasteiger partial charge in [-0.3, -0.25) is 0 Å². The van der Waals surface area contributed by atoms with Gasteiger partial charge in [-0.2, -0.15) is 0 Å². The molecule has 0 aromatic carbocycles. The van der Waals surface area contributed by atoms with Gasteiger partial charge in [0.25, 0.3) is 0 Å². The predicted octanol–water partition coefficient (Wildman–Crippen LogP) is 3.44. The van der Waals surface area contributed by atoms with E-state index >= 15 is 0 Å². The molecule has 0 unspecified atom stereocenters. The fraction of sp³-hybridized carbons (Fsp3) is 0.667. The Labute approximate surface area is 139 Å². The minimum absolute atomic E-state index is 0.107. The number of hydrogen-bond acceptors (Lipinski definition) is 4. The lowest BCUT2D eigenvalue weighted by Gasteiger charge is -2.36. The van der Waals surface area contributed by atoms with Crippen LogP contribution in [0, 0.1) is 0 Å². The van der Waals surface area contributed by atoms with Crippen molar-refractivity contribution in [3.63, 3.8) is 0 Å². The lowest BCUT2D eigenvalue weighted by atomic mass is 9.88. The van der Waals surface area contributed by atoms with Crippen LogP contribution in [0.5, 0.6) is 0 Å². The molecule has 1 aliphatic rings. The SMILES string of the molecule is CC(C)(C)OC(=O)N1CCN(c2cc(C(C)(C)C)ccn2)CC1. The number of aromatic nitrogens is 1. The number of amides is 1. The standard InChI is InChI=1S/C18H29N3O2/c1-17(2,3)14-7-8-19-15(13-14)20-9-11-21(12-10-20)16(22)23-18(4,5)6/h7-8,13H,9-12H2,1-6H3. The van der Waals surface area contributed by atoms with E-state index in [0.29, 0.717) is 13.1 Å². The van der Waals surface area contributed by atoms with Gasteiger partial charge in [0.15, 0.2) is 0 Å². The van der Waals surface area contributed by atoms with Crippen LogP contribution in [0.25, 0.3) is 0 Å². The highest BCUT2D eigenvalue weighted by Crippen LogP contribution is 2.25. The summed E-state index contributed by atoms with van der Waals surface area (Å²) in [4.78, 5) is 20.6. The summed E-state index contributed by atoms with van der Waals surface area (Å²) in [5.41, 5.74) is 0.935. The minimum Gasteiger partial charge on any atom is -0.444 e. The van der Waals surface area contributed by atoms with Crippen molar-refractivity contribution in [3.05, 3.63) is 23.9 Å². The molecule has 1 aliphatic heterocycles. The molecule has 1 aromatic heterocycles. The van der Waals surface area contributed by atoms with Crippen molar-refractivity contribution in [2.24, 2.45) is 0 Å². The maximum atomic E-state index is 12.1. The van der Waals surface area contributed by atoms with E-state index in [1.54, 1.807) is 4.90 Å². The summed E-state index contributed by atoms with van der Waals surface area (Å²) < 4.78 is 5.43. The first-order valence-corrected chi connectivity index (χ1v) is 8.26. The summed E-state index contributed by atoms with van der Waals surface area (Å²) in [6, 6.07) is 4.23. The molecule has 128 valence electrons. The number of nitrogens with zero attached hydrogens (tertiary/aromatic N) is 3. The van der Waals surface area contributed by atoms with Crippen molar-refractivity contribution < 1.29 is 9.53 Å². The first-order chi connectivity index (χ1) is 10.6. The number of carbonyl (C=O) groups excluding carboxylic acids is 1. The third kappa shape index (κ3) is 4.85. The van der Waals surface area contributed by atoms with E-state index in [4.69, 9.17) is 4.74 Å². The van der Waals surface area contributed by atoms with E-state index in [0.717, 1.165) is 18.9 Å². The molecule has 0 spiro atoms. The van der Waals surface area contributed by atoms with Gasteiger partial charge in [0, 0.05) is 32.4 Å². The van der Waals surface area contributed by atoms with Crippen molar-refractivity contribution in [1.29, 1.82) is 0 Å². The summed E-state index contributed by atoms with van der Waals surface area (Å²) in [5.74, 6) is 0.987. The molecule has 0 saturated carbocycles. The molecule has 0 N–H and O–H groups in total. The number of pyridine rings is 1. The number of rotatable bonds is 1. The average molecular weight is 319 g/mol. The number of ether oxygens (including phenoxy) is 1. The van der Waals surface area contributed by atoms with Crippen LogP contribution in [-0.4, -0.2) is 47.8 Å². The summed E-state index contributed by atoms with van der Waals surface area (Å²) in [6.07, 6.45) is 1.64. The van der Waals surface area contributed by atoms with Gasteiger partial charge in [0.05, 0.1) is 0 Å². The van der Waals surface area contributed by atoms with Gasteiger partial charge in [0.2, 0.25) is 0 Å². The quantitative estimate of drug-likeness (QED) is 0.795. The zero-order valence-electron chi connectivity index (χ0n) is 15.2. The number of hydrogen-bond donors (Lipinski definition) is 0. The predicted molar refractivity (Wildman–Crippen MR) is 93.0 cm³/mol. The maximum absolute atomic E-state index is 12.1. The van der Waals surface area contributed by atoms with E-state index in [1.807, 2.05) is 27.0 Å². The molecule has 0 radical (unpaired) electrons. The Bertz CT molecular complexity index is 550. The molecular weight excluding hydrogens is 290 g/mol. The summed E-state index contributed by atoms with van der Waals surface area (Å²) in [6.45, 7) is 15.2. The van der Waals surface area contributed by atoms with E-state index in [9.17, 15) is 4.79 Å². The summed E-state index contributed by atoms with van der Waals surface area (Å²) in [5, 5.41) is 0. The lowest BCUT2D eigenvalue weighted by Crippen LogP contribution is -2.50. The Morgan fingerprint density at radius 2 is 1.70 bits per heavy atom. The Kier molecular flexibility index (Phi) is 4.87. The van der Waals surface area contributed by atoms with Gasteiger partial charge < -0.3 is 14.5 Å². The Balaban J connectivity index is 1.98. The molecule has 1 saturated heterocycles. The summed E-state index contributed by atoms with van der Waals surface area (Å²) in [7, 11) is 0. The smallest absolute Gasteiger partial charge is 0.410 e. The van der Waals surface area contributed by atoms with Crippen molar-refractivity contribution in [3.8, 4) is 0 Å². The third-order valence-electron chi connectivity index (χ3n) is 3.87. The van der Waals surface area contributed by atoms with Gasteiger partial charge in [-0.1, -0.05) is 20.8 Å². The molecule has 1 amide bonds. The van der Waals surface area contributed by atoms with Crippen LogP contribution in [0.15, 0.2) is 18.3 Å². The minimum atomic E-state index is -0.448. The highest BCUT2D eigenvalue weighted by molar-refractivity contribution is 5.68. The zero-order valence-corrected chi connectivity index (χ0v) is 15.2. The number of piperazine rings is 1. The molecule has 1 aromatic rings. The van der Waals surface area contributed by atoms with Crippen LogP contribution in [0.1, 0.15) is 47.1 Å². The highest BCUT2D eigenvalue weighted by atomic mass is 16.6. The molecule has 23 heavy (non-hydrogen) atoms. The average Bonchev–Trinajstić information content (AvgIpc) is 2.45. The van der Waals surface area contributed by atoms with Crippen LogP contribution < -0.4 is 4.90 Å². The summed E-state index contributed by atoms with van der Waals surface area (Å²) >= 11 is 0. The molecule has 2 heterocycles. The van der Waals surface area contributed by atoms with Crippen LogP contribution in [0.4, 0.5) is 10.6 Å². The van der Waals surface area contributed by atoms with Crippen LogP contribution >= 0.6 is 0 Å². The second-order valence-electron chi connectivity index (χ2n) is 8.11. The van der Waals surface area contributed by atoms with Crippen LogP contribution in [-0.2, 0) is 10.2 Å². The topological polar surface area (TPSA) is 45.7 Å². The molecule has 5 heteroatoms. The first kappa shape index (κ1) is 17.6. The van der Waals surface area contributed by atoms with Crippen LogP contribution in [0.3, 0.4) is 0 Å². The van der Waals surface area contributed by atoms with E-state index in [2.05, 4.69) is 42.8 Å². The fourth-order valence-electron chi connectivity index (χ4n) is 2.50. The molecule has 0 bridgehead atoms. The van der Waals surface area contributed by atoms with E-state index < -0.39 is 5.60 Å². The van der Waals surface area contributed by atoms with Gasteiger partial charge in [-0.25, -0.2) is 9.78 Å². The molecule has 2 rings (SSSR count). The fourth-order valence-corrected chi connectivity index (χ4v) is 2.50. The highest BCUT2D eigenvalue weighted by Gasteiger charge is 2.26. The van der Waals surface area contributed by atoms with Crippen molar-refractivity contribution in [2.75, 3.05) is 31.1 Å². The number of carbonyl (C=O) groups is 1. The maximum Gasteiger partial charge on any atom is 0.410 e. The third-order valence-corrected chi connectivity index (χ3v) is 3.87. The van der Waals surface area contributed by atoms with Gasteiger partial charge in [0.1, 0.15) is 11.4 Å². The monoisotopic (exact) mass is 319 g/mol. The van der Waals surface area contributed by atoms with Crippen molar-refractivity contribution in [1.82, 2.24) is 9.88 Å². The zero-order chi connectivity index (χ0) is 17.3. The van der Waals surface area contributed by atoms with E-state index in [1.165, 1.54) is 5.56 Å². The van der Waals surface area contributed by atoms with Crippen LogP contribution in [0.2, 0.25) is 0 Å². The van der Waals surface area contributed by atoms with E-state index in [-0.39, 0.29) is 11.5 Å².